The maximum absolute atomic E-state index is 9.18. The first-order chi connectivity index (χ1) is 19.4. The SMILES string of the molecule is C.CCOCOCc1cc(Oc2ccc(OC)cc2)ccc1Br.COc1ccc(Oc2ccc(Br)c(CO)c2)cc1.[2HH]. The molecule has 0 unspecified atom stereocenters. The zero-order chi connectivity index (χ0) is 28.7. The van der Waals surface area contributed by atoms with Crippen LogP contribution in [0, 0.1) is 0 Å². The summed E-state index contributed by atoms with van der Waals surface area (Å²) in [6.07, 6.45) is 0. The van der Waals surface area contributed by atoms with Gasteiger partial charge in [-0.05, 0) is 103 Å². The van der Waals surface area contributed by atoms with Gasteiger partial charge in [-0.15, -0.1) is 0 Å². The number of hydrogen-bond donors (Lipinski definition) is 1. The van der Waals surface area contributed by atoms with E-state index in [0.29, 0.717) is 19.0 Å². The number of methoxy groups -OCH3 is 2. The smallest absolute Gasteiger partial charge is 0.147 e. The van der Waals surface area contributed by atoms with E-state index >= 15 is 0 Å². The second kappa shape index (κ2) is 18.4. The van der Waals surface area contributed by atoms with E-state index in [1.807, 2.05) is 85.8 Å². The third-order valence-electron chi connectivity index (χ3n) is 5.42. The van der Waals surface area contributed by atoms with Gasteiger partial charge < -0.3 is 33.5 Å². The van der Waals surface area contributed by atoms with Gasteiger partial charge in [-0.25, -0.2) is 0 Å². The van der Waals surface area contributed by atoms with Crippen molar-refractivity contribution in [1.29, 1.82) is 0 Å². The highest BCUT2D eigenvalue weighted by Gasteiger charge is 2.05. The molecule has 4 aromatic carbocycles. The molecule has 0 spiro atoms. The summed E-state index contributed by atoms with van der Waals surface area (Å²) in [7, 11) is 3.26. The fourth-order valence-electron chi connectivity index (χ4n) is 3.31. The minimum atomic E-state index is -0.0274. The van der Waals surface area contributed by atoms with Crippen molar-refractivity contribution in [2.75, 3.05) is 27.6 Å². The highest BCUT2D eigenvalue weighted by molar-refractivity contribution is 9.10. The largest absolute Gasteiger partial charge is 0.497 e. The van der Waals surface area contributed by atoms with Crippen LogP contribution in [0.2, 0.25) is 0 Å². The maximum Gasteiger partial charge on any atom is 0.147 e. The zero-order valence-electron chi connectivity index (χ0n) is 22.6. The molecule has 4 rings (SSSR count). The van der Waals surface area contributed by atoms with E-state index in [9.17, 15) is 5.11 Å². The Hall–Kier alpha value is -3.08. The Bertz CT molecular complexity index is 1320. The molecule has 0 bridgehead atoms. The van der Waals surface area contributed by atoms with E-state index in [1.54, 1.807) is 20.3 Å². The average Bonchev–Trinajstić information content (AvgIpc) is 2.99. The molecular formula is C32H38Br2O7. The van der Waals surface area contributed by atoms with Gasteiger partial charge in [0.1, 0.15) is 41.3 Å². The molecular weight excluding hydrogens is 656 g/mol. The van der Waals surface area contributed by atoms with E-state index in [-0.39, 0.29) is 22.3 Å². The zero-order valence-corrected chi connectivity index (χ0v) is 25.7. The first kappa shape index (κ1) is 34.1. The number of ether oxygens (including phenoxy) is 6. The molecule has 0 saturated carbocycles. The van der Waals surface area contributed by atoms with Gasteiger partial charge in [0.05, 0.1) is 27.4 Å². The molecule has 0 atom stereocenters. The third kappa shape index (κ3) is 11.4. The van der Waals surface area contributed by atoms with Crippen LogP contribution in [0.15, 0.2) is 93.9 Å². The third-order valence-corrected chi connectivity index (χ3v) is 6.97. The lowest BCUT2D eigenvalue weighted by Gasteiger charge is -2.10. The van der Waals surface area contributed by atoms with Gasteiger partial charge in [0, 0.05) is 17.0 Å². The maximum atomic E-state index is 9.18. The molecule has 0 aliphatic heterocycles. The van der Waals surface area contributed by atoms with Crippen molar-refractivity contribution >= 4 is 31.9 Å². The molecule has 0 aliphatic carbocycles. The molecule has 0 fully saturated rings. The Kier molecular flexibility index (Phi) is 15.3. The lowest BCUT2D eigenvalue weighted by molar-refractivity contribution is -0.0573. The molecule has 7 nitrogen and oxygen atoms in total. The summed E-state index contributed by atoms with van der Waals surface area (Å²) in [6, 6.07) is 26.1. The van der Waals surface area contributed by atoms with Gasteiger partial charge in [0.2, 0.25) is 0 Å². The van der Waals surface area contributed by atoms with E-state index in [0.717, 1.165) is 48.8 Å². The molecule has 0 radical (unpaired) electrons. The molecule has 9 heteroatoms. The number of benzene rings is 4. The predicted octanol–water partition coefficient (Wildman–Crippen LogP) is 9.38. The van der Waals surface area contributed by atoms with Crippen molar-refractivity contribution in [3.63, 3.8) is 0 Å². The number of rotatable bonds is 12. The molecule has 1 N–H and O–H groups in total. The Labute approximate surface area is 260 Å². The lowest BCUT2D eigenvalue weighted by atomic mass is 10.2. The van der Waals surface area contributed by atoms with Crippen molar-refractivity contribution in [1.82, 2.24) is 0 Å². The number of hydrogen-bond acceptors (Lipinski definition) is 7. The quantitative estimate of drug-likeness (QED) is 0.117. The Morgan fingerprint density at radius 3 is 1.46 bits per heavy atom. The molecule has 0 heterocycles. The summed E-state index contributed by atoms with van der Waals surface area (Å²) in [5.41, 5.74) is 1.80. The van der Waals surface area contributed by atoms with Gasteiger partial charge in [-0.2, -0.15) is 0 Å². The first-order valence-electron chi connectivity index (χ1n) is 12.4. The van der Waals surface area contributed by atoms with E-state index < -0.39 is 0 Å². The fraction of sp³-hybridized carbons (Fsp3) is 0.250. The van der Waals surface area contributed by atoms with Crippen LogP contribution >= 0.6 is 31.9 Å². The summed E-state index contributed by atoms with van der Waals surface area (Å²) in [5.74, 6) is 4.50. The second-order valence-corrected chi connectivity index (χ2v) is 9.89. The summed E-state index contributed by atoms with van der Waals surface area (Å²) in [4.78, 5) is 0. The standard InChI is InChI=1S/C17H19BrO4.C14H13BrO3.CH4.H2/c1-3-20-12-21-11-13-10-16(8-9-17(13)18)22-15-6-4-14(19-2)5-7-15;1-17-11-2-4-12(5-3-11)18-13-6-7-14(15)10(8-13)9-16;;/h4-10H,3,11-12H2,1-2H3;2-8,16H,9H2,1H3;1H4;1H/i;;;1+1. The van der Waals surface area contributed by atoms with Gasteiger partial charge in [0.25, 0.3) is 0 Å². The van der Waals surface area contributed by atoms with Gasteiger partial charge >= 0.3 is 0 Å². The topological polar surface area (TPSA) is 75.6 Å². The van der Waals surface area contributed by atoms with Crippen LogP contribution < -0.4 is 18.9 Å². The average molecular weight is 695 g/mol. The van der Waals surface area contributed by atoms with Crippen molar-refractivity contribution in [3.8, 4) is 34.5 Å². The molecule has 0 aromatic heterocycles. The van der Waals surface area contributed by atoms with Gasteiger partial charge in [-0.3, -0.25) is 0 Å². The van der Waals surface area contributed by atoms with Crippen LogP contribution in [-0.2, 0) is 22.7 Å². The summed E-state index contributed by atoms with van der Waals surface area (Å²) < 4.78 is 34.2. The fourth-order valence-corrected chi connectivity index (χ4v) is 4.05. The summed E-state index contributed by atoms with van der Waals surface area (Å²) in [6.45, 7) is 3.29. The number of halogens is 2. The lowest BCUT2D eigenvalue weighted by Crippen LogP contribution is -2.00. The van der Waals surface area contributed by atoms with Crippen LogP contribution in [0.3, 0.4) is 0 Å². The molecule has 4 aromatic rings. The Morgan fingerprint density at radius 2 is 1.02 bits per heavy atom. The highest BCUT2D eigenvalue weighted by atomic mass is 79.9. The monoisotopic (exact) mass is 693 g/mol. The second-order valence-electron chi connectivity index (χ2n) is 8.18. The number of aliphatic hydroxyl groups is 1. The Balaban J connectivity index is 0.000000408. The minimum Gasteiger partial charge on any atom is -0.497 e. The normalized spacial score (nSPS) is 10.1. The van der Waals surface area contributed by atoms with Gasteiger partial charge in [0.15, 0.2) is 0 Å². The van der Waals surface area contributed by atoms with Crippen LogP contribution in [0.25, 0.3) is 0 Å². The van der Waals surface area contributed by atoms with Crippen molar-refractivity contribution in [3.05, 3.63) is 105 Å². The summed E-state index contributed by atoms with van der Waals surface area (Å²) in [5, 5.41) is 9.18. The van der Waals surface area contributed by atoms with Crippen LogP contribution in [0.5, 0.6) is 34.5 Å². The summed E-state index contributed by atoms with van der Waals surface area (Å²) >= 11 is 6.87. The van der Waals surface area contributed by atoms with E-state index in [2.05, 4.69) is 31.9 Å². The van der Waals surface area contributed by atoms with Crippen molar-refractivity contribution < 1.29 is 35.0 Å². The molecule has 0 aliphatic rings. The van der Waals surface area contributed by atoms with Crippen molar-refractivity contribution in [2.24, 2.45) is 0 Å². The minimum absolute atomic E-state index is 0. The molecule has 222 valence electrons. The van der Waals surface area contributed by atoms with Crippen LogP contribution in [0.1, 0.15) is 26.9 Å². The van der Waals surface area contributed by atoms with E-state index in [1.165, 1.54) is 0 Å². The predicted molar refractivity (Wildman–Crippen MR) is 170 cm³/mol. The number of aliphatic hydroxyl groups excluding tert-OH is 1. The first-order valence-corrected chi connectivity index (χ1v) is 14.0. The molecule has 0 amide bonds. The highest BCUT2D eigenvalue weighted by Crippen LogP contribution is 2.29. The van der Waals surface area contributed by atoms with Crippen molar-refractivity contribution in [2.45, 2.75) is 27.6 Å². The van der Waals surface area contributed by atoms with Crippen LogP contribution in [0.4, 0.5) is 0 Å². The van der Waals surface area contributed by atoms with Crippen LogP contribution in [-0.4, -0.2) is 32.7 Å². The molecule has 41 heavy (non-hydrogen) atoms. The Morgan fingerprint density at radius 1 is 0.610 bits per heavy atom. The van der Waals surface area contributed by atoms with E-state index in [4.69, 9.17) is 28.4 Å². The molecule has 0 saturated heterocycles. The van der Waals surface area contributed by atoms with Gasteiger partial charge in [-0.1, -0.05) is 39.3 Å².